The van der Waals surface area contributed by atoms with Gasteiger partial charge in [-0.1, -0.05) is 13.3 Å². The molecule has 0 saturated carbocycles. The molecule has 5 nitrogen and oxygen atoms in total. The standard InChI is InChI=1S/C12H16Br2N4O/c1-2-3-4-17-10-8(13)5-7(6-9(10)14)11(19)18-12(15)16/h5-6,17H,2-4H2,1H3,(H4,15,16,18,19). The van der Waals surface area contributed by atoms with Gasteiger partial charge >= 0.3 is 0 Å². The number of anilines is 1. The number of hydrogen-bond donors (Lipinski definition) is 3. The molecule has 1 aromatic carbocycles. The molecule has 19 heavy (non-hydrogen) atoms. The number of aliphatic imine (C=N–C) groups is 1. The Morgan fingerprint density at radius 1 is 1.32 bits per heavy atom. The minimum atomic E-state index is -0.471. The average molecular weight is 392 g/mol. The van der Waals surface area contributed by atoms with Crippen molar-refractivity contribution in [2.45, 2.75) is 19.8 Å². The van der Waals surface area contributed by atoms with Crippen LogP contribution in [0.4, 0.5) is 5.69 Å². The molecule has 0 aliphatic carbocycles. The predicted octanol–water partition coefficient (Wildman–Crippen LogP) is 2.84. The molecule has 0 heterocycles. The van der Waals surface area contributed by atoms with E-state index in [0.29, 0.717) is 5.56 Å². The van der Waals surface area contributed by atoms with Gasteiger partial charge in [0, 0.05) is 21.1 Å². The summed E-state index contributed by atoms with van der Waals surface area (Å²) < 4.78 is 1.57. The number of guanidine groups is 1. The predicted molar refractivity (Wildman–Crippen MR) is 85.4 cm³/mol. The first-order valence-electron chi connectivity index (χ1n) is 5.82. The molecule has 7 heteroatoms. The van der Waals surface area contributed by atoms with Crippen LogP contribution in [0.15, 0.2) is 26.1 Å². The third-order valence-corrected chi connectivity index (χ3v) is 3.60. The molecule has 0 fully saturated rings. The van der Waals surface area contributed by atoms with E-state index in [1.807, 2.05) is 0 Å². The molecule has 1 rings (SSSR count). The van der Waals surface area contributed by atoms with Gasteiger partial charge < -0.3 is 16.8 Å². The largest absolute Gasteiger partial charge is 0.383 e. The Morgan fingerprint density at radius 3 is 2.37 bits per heavy atom. The number of nitrogens with one attached hydrogen (secondary N) is 1. The van der Waals surface area contributed by atoms with Crippen molar-refractivity contribution in [3.05, 3.63) is 26.6 Å². The Labute approximate surface area is 129 Å². The monoisotopic (exact) mass is 390 g/mol. The van der Waals surface area contributed by atoms with E-state index in [4.69, 9.17) is 11.5 Å². The first-order valence-corrected chi connectivity index (χ1v) is 7.41. The molecule has 1 aromatic rings. The number of hydrogen-bond acceptors (Lipinski definition) is 2. The molecule has 0 aliphatic rings. The lowest BCUT2D eigenvalue weighted by atomic mass is 10.2. The fraction of sp³-hybridized carbons (Fsp3) is 0.333. The maximum atomic E-state index is 11.7. The molecule has 0 unspecified atom stereocenters. The molecule has 0 bridgehead atoms. The van der Waals surface area contributed by atoms with Crippen LogP contribution in [0, 0.1) is 0 Å². The number of benzene rings is 1. The zero-order valence-electron chi connectivity index (χ0n) is 10.5. The lowest BCUT2D eigenvalue weighted by Gasteiger charge is -2.11. The van der Waals surface area contributed by atoms with E-state index >= 15 is 0 Å². The second-order valence-electron chi connectivity index (χ2n) is 3.94. The van der Waals surface area contributed by atoms with Gasteiger partial charge in [0.15, 0.2) is 5.96 Å². The number of unbranched alkanes of at least 4 members (excludes halogenated alkanes) is 1. The topological polar surface area (TPSA) is 93.5 Å². The second kappa shape index (κ2) is 7.49. The van der Waals surface area contributed by atoms with Crippen molar-refractivity contribution in [1.29, 1.82) is 0 Å². The summed E-state index contributed by atoms with van der Waals surface area (Å²) in [5.74, 6) is -0.719. The van der Waals surface area contributed by atoms with Crippen molar-refractivity contribution in [2.75, 3.05) is 11.9 Å². The Kier molecular flexibility index (Phi) is 6.30. The van der Waals surface area contributed by atoms with Gasteiger partial charge in [-0.2, -0.15) is 4.99 Å². The van der Waals surface area contributed by atoms with E-state index in [-0.39, 0.29) is 5.96 Å². The van der Waals surface area contributed by atoms with Gasteiger partial charge in [0.1, 0.15) is 0 Å². The first-order chi connectivity index (χ1) is 8.95. The highest BCUT2D eigenvalue weighted by atomic mass is 79.9. The zero-order valence-corrected chi connectivity index (χ0v) is 13.7. The van der Waals surface area contributed by atoms with E-state index in [1.54, 1.807) is 12.1 Å². The number of carbonyl (C=O) groups is 1. The van der Waals surface area contributed by atoms with Crippen LogP contribution in [-0.4, -0.2) is 18.4 Å². The van der Waals surface area contributed by atoms with Gasteiger partial charge in [-0.3, -0.25) is 4.79 Å². The molecular weight excluding hydrogens is 376 g/mol. The van der Waals surface area contributed by atoms with Crippen molar-refractivity contribution in [1.82, 2.24) is 0 Å². The number of amides is 1. The van der Waals surface area contributed by atoms with Gasteiger partial charge in [-0.25, -0.2) is 0 Å². The summed E-state index contributed by atoms with van der Waals surface area (Å²) >= 11 is 6.86. The Morgan fingerprint density at radius 2 is 1.89 bits per heavy atom. The van der Waals surface area contributed by atoms with Gasteiger partial charge in [0.25, 0.3) is 5.91 Å². The molecule has 0 spiro atoms. The van der Waals surface area contributed by atoms with Crippen LogP contribution in [-0.2, 0) is 0 Å². The maximum absolute atomic E-state index is 11.7. The van der Waals surface area contributed by atoms with Crippen molar-refractivity contribution in [3.63, 3.8) is 0 Å². The number of rotatable bonds is 5. The minimum absolute atomic E-state index is 0.248. The SMILES string of the molecule is CCCCNc1c(Br)cc(C(=O)N=C(N)N)cc1Br. The fourth-order valence-electron chi connectivity index (χ4n) is 1.44. The lowest BCUT2D eigenvalue weighted by Crippen LogP contribution is -2.24. The quantitative estimate of drug-likeness (QED) is 0.408. The Bertz CT molecular complexity index is 475. The molecule has 5 N–H and O–H groups in total. The summed E-state index contributed by atoms with van der Waals surface area (Å²) in [6, 6.07) is 3.38. The number of nitrogens with zero attached hydrogens (tertiary/aromatic N) is 1. The molecule has 0 aromatic heterocycles. The van der Waals surface area contributed by atoms with Crippen LogP contribution in [0.3, 0.4) is 0 Å². The molecular formula is C12H16Br2N4O. The average Bonchev–Trinajstić information content (AvgIpc) is 2.31. The van der Waals surface area contributed by atoms with Crippen LogP contribution in [0.25, 0.3) is 0 Å². The number of carbonyl (C=O) groups excluding carboxylic acids is 1. The Balaban J connectivity index is 2.96. The van der Waals surface area contributed by atoms with Crippen LogP contribution < -0.4 is 16.8 Å². The summed E-state index contributed by atoms with van der Waals surface area (Å²) in [7, 11) is 0. The minimum Gasteiger partial charge on any atom is -0.383 e. The molecule has 104 valence electrons. The maximum Gasteiger partial charge on any atom is 0.280 e. The van der Waals surface area contributed by atoms with E-state index in [9.17, 15) is 4.79 Å². The third kappa shape index (κ3) is 4.83. The van der Waals surface area contributed by atoms with Crippen LogP contribution in [0.5, 0.6) is 0 Å². The molecule has 0 radical (unpaired) electrons. The first kappa shape index (κ1) is 16.0. The van der Waals surface area contributed by atoms with Crippen molar-refractivity contribution in [2.24, 2.45) is 16.5 Å². The Hall–Kier alpha value is -1.08. The van der Waals surface area contributed by atoms with Gasteiger partial charge in [-0.05, 0) is 50.4 Å². The van der Waals surface area contributed by atoms with E-state index in [1.165, 1.54) is 0 Å². The van der Waals surface area contributed by atoms with E-state index in [2.05, 4.69) is 49.1 Å². The summed E-state index contributed by atoms with van der Waals surface area (Å²) in [6.45, 7) is 3.00. The van der Waals surface area contributed by atoms with Gasteiger partial charge in [0.05, 0.1) is 5.69 Å². The molecule has 0 atom stereocenters. The third-order valence-electron chi connectivity index (χ3n) is 2.35. The van der Waals surface area contributed by atoms with Gasteiger partial charge in [-0.15, -0.1) is 0 Å². The molecule has 1 amide bonds. The second-order valence-corrected chi connectivity index (χ2v) is 5.65. The normalized spacial score (nSPS) is 10.1. The fourth-order valence-corrected chi connectivity index (χ4v) is 2.90. The van der Waals surface area contributed by atoms with Crippen LogP contribution >= 0.6 is 31.9 Å². The highest BCUT2D eigenvalue weighted by Gasteiger charge is 2.12. The van der Waals surface area contributed by atoms with E-state index in [0.717, 1.165) is 34.0 Å². The molecule has 0 saturated heterocycles. The van der Waals surface area contributed by atoms with Crippen molar-refractivity contribution < 1.29 is 4.79 Å². The van der Waals surface area contributed by atoms with Crippen LogP contribution in [0.1, 0.15) is 30.1 Å². The lowest BCUT2D eigenvalue weighted by molar-refractivity contribution is 0.100. The van der Waals surface area contributed by atoms with Gasteiger partial charge in [0.2, 0.25) is 0 Å². The summed E-state index contributed by atoms with van der Waals surface area (Å²) in [4.78, 5) is 15.2. The number of nitrogens with two attached hydrogens (primary N) is 2. The van der Waals surface area contributed by atoms with E-state index < -0.39 is 5.91 Å². The van der Waals surface area contributed by atoms with Crippen LogP contribution in [0.2, 0.25) is 0 Å². The highest BCUT2D eigenvalue weighted by Crippen LogP contribution is 2.32. The summed E-state index contributed by atoms with van der Waals surface area (Å²) in [5, 5.41) is 3.30. The summed E-state index contributed by atoms with van der Waals surface area (Å²) in [5.41, 5.74) is 11.7. The highest BCUT2D eigenvalue weighted by molar-refractivity contribution is 9.11. The summed E-state index contributed by atoms with van der Waals surface area (Å²) in [6.07, 6.45) is 2.19. The van der Waals surface area contributed by atoms with Crippen molar-refractivity contribution in [3.8, 4) is 0 Å². The van der Waals surface area contributed by atoms with Crippen molar-refractivity contribution >= 4 is 49.4 Å². The smallest absolute Gasteiger partial charge is 0.280 e. The zero-order chi connectivity index (χ0) is 14.4. The number of halogens is 2. The molecule has 0 aliphatic heterocycles.